The van der Waals surface area contributed by atoms with Gasteiger partial charge in [-0.15, -0.1) is 6.58 Å². The van der Waals surface area contributed by atoms with Gasteiger partial charge >= 0.3 is 0 Å². The number of unbranched alkanes of at least 4 members (excludes halogenated alkanes) is 1. The number of hydrogen-bond donors (Lipinski definition) is 0. The maximum atomic E-state index is 3.80. The molecule has 0 radical (unpaired) electrons. The monoisotopic (exact) mass is 166 g/mol. The molecule has 1 aliphatic carbocycles. The van der Waals surface area contributed by atoms with Crippen molar-refractivity contribution in [3.05, 3.63) is 12.7 Å². The third-order valence-electron chi connectivity index (χ3n) is 3.15. The van der Waals surface area contributed by atoms with Gasteiger partial charge in [0.15, 0.2) is 0 Å². The molecule has 0 heterocycles. The van der Waals surface area contributed by atoms with Crippen LogP contribution in [0.3, 0.4) is 0 Å². The molecule has 0 aromatic rings. The Bertz CT molecular complexity index is 122. The van der Waals surface area contributed by atoms with Crippen LogP contribution in [0.5, 0.6) is 0 Å². The van der Waals surface area contributed by atoms with E-state index in [1.165, 1.54) is 44.9 Å². The Morgan fingerprint density at radius 2 is 2.17 bits per heavy atom. The molecule has 1 aliphatic rings. The lowest BCUT2D eigenvalue weighted by atomic mass is 9.81. The van der Waals surface area contributed by atoms with Crippen molar-refractivity contribution in [2.45, 2.75) is 51.9 Å². The summed E-state index contributed by atoms with van der Waals surface area (Å²) >= 11 is 0. The Kier molecular flexibility index (Phi) is 4.42. The van der Waals surface area contributed by atoms with Crippen LogP contribution in [-0.4, -0.2) is 0 Å². The maximum absolute atomic E-state index is 3.80. The minimum Gasteiger partial charge on any atom is -0.103 e. The zero-order chi connectivity index (χ0) is 8.81. The maximum Gasteiger partial charge on any atom is -0.0265 e. The molecule has 0 amide bonds. The number of allylic oxidation sites excluding steroid dienone is 1. The fraction of sp³-hybridized carbons (Fsp3) is 0.833. The van der Waals surface area contributed by atoms with E-state index >= 15 is 0 Å². The summed E-state index contributed by atoms with van der Waals surface area (Å²) < 4.78 is 0. The highest BCUT2D eigenvalue weighted by Gasteiger charge is 2.16. The van der Waals surface area contributed by atoms with Crippen LogP contribution >= 0.6 is 0 Å². The standard InChI is InChI=1S/C12H22/c1-3-11(2)7-4-5-8-12-9-6-10-12/h3,11-12H,1,4-10H2,2H3. The summed E-state index contributed by atoms with van der Waals surface area (Å²) in [5.74, 6) is 1.83. The summed E-state index contributed by atoms with van der Waals surface area (Å²) in [6.45, 7) is 6.06. The zero-order valence-corrected chi connectivity index (χ0v) is 8.39. The van der Waals surface area contributed by atoms with Gasteiger partial charge in [-0.05, 0) is 18.3 Å². The van der Waals surface area contributed by atoms with E-state index in [9.17, 15) is 0 Å². The van der Waals surface area contributed by atoms with Gasteiger partial charge in [-0.1, -0.05) is 51.5 Å². The smallest absolute Gasteiger partial charge is 0.0265 e. The van der Waals surface area contributed by atoms with E-state index in [1.54, 1.807) is 0 Å². The molecule has 1 atom stereocenters. The van der Waals surface area contributed by atoms with E-state index in [4.69, 9.17) is 0 Å². The molecule has 12 heavy (non-hydrogen) atoms. The van der Waals surface area contributed by atoms with Crippen LogP contribution < -0.4 is 0 Å². The quantitative estimate of drug-likeness (QED) is 0.410. The van der Waals surface area contributed by atoms with Crippen LogP contribution in [0, 0.1) is 11.8 Å². The molecule has 0 saturated heterocycles. The van der Waals surface area contributed by atoms with Crippen molar-refractivity contribution in [1.29, 1.82) is 0 Å². The molecular weight excluding hydrogens is 144 g/mol. The fourth-order valence-corrected chi connectivity index (χ4v) is 1.80. The summed E-state index contributed by atoms with van der Waals surface area (Å²) in [4.78, 5) is 0. The summed E-state index contributed by atoms with van der Waals surface area (Å²) in [7, 11) is 0. The van der Waals surface area contributed by atoms with Crippen LogP contribution in [0.15, 0.2) is 12.7 Å². The average Bonchev–Trinajstić information content (AvgIpc) is 2.00. The zero-order valence-electron chi connectivity index (χ0n) is 8.39. The minimum atomic E-state index is 0.728. The van der Waals surface area contributed by atoms with Gasteiger partial charge in [0.1, 0.15) is 0 Å². The van der Waals surface area contributed by atoms with Crippen molar-refractivity contribution in [2.24, 2.45) is 11.8 Å². The third kappa shape index (κ3) is 3.42. The summed E-state index contributed by atoms with van der Waals surface area (Å²) in [5, 5.41) is 0. The van der Waals surface area contributed by atoms with Crippen molar-refractivity contribution < 1.29 is 0 Å². The molecule has 0 heteroatoms. The van der Waals surface area contributed by atoms with Gasteiger partial charge in [0, 0.05) is 0 Å². The van der Waals surface area contributed by atoms with Crippen LogP contribution in [-0.2, 0) is 0 Å². The Morgan fingerprint density at radius 3 is 2.67 bits per heavy atom. The Balaban J connectivity index is 1.84. The van der Waals surface area contributed by atoms with E-state index in [2.05, 4.69) is 19.6 Å². The highest BCUT2D eigenvalue weighted by atomic mass is 14.2. The molecule has 1 fully saturated rings. The number of rotatable bonds is 6. The highest BCUT2D eigenvalue weighted by Crippen LogP contribution is 2.31. The second-order valence-corrected chi connectivity index (χ2v) is 4.29. The Hall–Kier alpha value is -0.260. The molecule has 1 saturated carbocycles. The van der Waals surface area contributed by atoms with E-state index in [0.717, 1.165) is 11.8 Å². The molecule has 1 unspecified atom stereocenters. The van der Waals surface area contributed by atoms with Crippen molar-refractivity contribution in [1.82, 2.24) is 0 Å². The molecule has 0 aliphatic heterocycles. The van der Waals surface area contributed by atoms with Crippen molar-refractivity contribution >= 4 is 0 Å². The minimum absolute atomic E-state index is 0.728. The first kappa shape index (κ1) is 9.83. The first-order valence-corrected chi connectivity index (χ1v) is 5.45. The van der Waals surface area contributed by atoms with Crippen molar-refractivity contribution in [2.75, 3.05) is 0 Å². The van der Waals surface area contributed by atoms with Gasteiger partial charge in [0.2, 0.25) is 0 Å². The van der Waals surface area contributed by atoms with Gasteiger partial charge in [0.05, 0.1) is 0 Å². The molecule has 0 bridgehead atoms. The third-order valence-corrected chi connectivity index (χ3v) is 3.15. The predicted octanol–water partition coefficient (Wildman–Crippen LogP) is 4.17. The van der Waals surface area contributed by atoms with Crippen molar-refractivity contribution in [3.63, 3.8) is 0 Å². The largest absolute Gasteiger partial charge is 0.103 e. The lowest BCUT2D eigenvalue weighted by molar-refractivity contribution is 0.285. The van der Waals surface area contributed by atoms with Crippen LogP contribution in [0.25, 0.3) is 0 Å². The summed E-state index contributed by atoms with van der Waals surface area (Å²) in [6.07, 6.45) is 12.3. The summed E-state index contributed by atoms with van der Waals surface area (Å²) in [6, 6.07) is 0. The number of hydrogen-bond acceptors (Lipinski definition) is 0. The molecule has 0 aromatic carbocycles. The van der Waals surface area contributed by atoms with Gasteiger partial charge in [-0.2, -0.15) is 0 Å². The topological polar surface area (TPSA) is 0 Å². The molecule has 70 valence electrons. The second kappa shape index (κ2) is 5.40. The molecule has 0 N–H and O–H groups in total. The molecule has 0 spiro atoms. The first-order chi connectivity index (χ1) is 5.83. The molecular formula is C12H22. The van der Waals surface area contributed by atoms with Crippen LogP contribution in [0.4, 0.5) is 0 Å². The first-order valence-electron chi connectivity index (χ1n) is 5.45. The van der Waals surface area contributed by atoms with Gasteiger partial charge < -0.3 is 0 Å². The SMILES string of the molecule is C=CC(C)CCCCC1CCC1. The van der Waals surface area contributed by atoms with E-state index in [-0.39, 0.29) is 0 Å². The molecule has 1 rings (SSSR count). The van der Waals surface area contributed by atoms with Gasteiger partial charge in [-0.25, -0.2) is 0 Å². The molecule has 0 nitrogen and oxygen atoms in total. The Morgan fingerprint density at radius 1 is 1.42 bits per heavy atom. The van der Waals surface area contributed by atoms with Crippen LogP contribution in [0.1, 0.15) is 51.9 Å². The lowest BCUT2D eigenvalue weighted by Gasteiger charge is -2.25. The lowest BCUT2D eigenvalue weighted by Crippen LogP contribution is -2.10. The summed E-state index contributed by atoms with van der Waals surface area (Å²) in [5.41, 5.74) is 0. The van der Waals surface area contributed by atoms with E-state index in [0.29, 0.717) is 0 Å². The normalized spacial score (nSPS) is 20.1. The Labute approximate surface area is 77.1 Å². The van der Waals surface area contributed by atoms with E-state index in [1.807, 2.05) is 0 Å². The fourth-order valence-electron chi connectivity index (χ4n) is 1.80. The predicted molar refractivity (Wildman–Crippen MR) is 55.2 cm³/mol. The van der Waals surface area contributed by atoms with Gasteiger partial charge in [-0.3, -0.25) is 0 Å². The molecule has 0 aromatic heterocycles. The average molecular weight is 166 g/mol. The van der Waals surface area contributed by atoms with Gasteiger partial charge in [0.25, 0.3) is 0 Å². The van der Waals surface area contributed by atoms with E-state index < -0.39 is 0 Å². The van der Waals surface area contributed by atoms with Crippen LogP contribution in [0.2, 0.25) is 0 Å². The highest BCUT2D eigenvalue weighted by molar-refractivity contribution is 4.75. The van der Waals surface area contributed by atoms with Crippen molar-refractivity contribution in [3.8, 4) is 0 Å². The second-order valence-electron chi connectivity index (χ2n) is 4.29.